The van der Waals surface area contributed by atoms with Gasteiger partial charge in [0.15, 0.2) is 0 Å². The fraction of sp³-hybridized carbons (Fsp3) is 0.533. The first-order chi connectivity index (χ1) is 9.56. The fourth-order valence-corrected chi connectivity index (χ4v) is 2.68. The van der Waals surface area contributed by atoms with E-state index in [9.17, 15) is 13.6 Å². The smallest absolute Gasteiger partial charge is 0.387 e. The standard InChI is InChI=1S/C15H19F2NO2/c1-10-5-4-6-11(9-10)18-14(19)12-7-2-3-8-13(12)20-15(16)17/h2-3,7-8,10-11,15H,4-6,9H2,1H3,(H,18,19). The summed E-state index contributed by atoms with van der Waals surface area (Å²) < 4.78 is 29.0. The van der Waals surface area contributed by atoms with E-state index < -0.39 is 6.61 Å². The molecule has 1 N–H and O–H groups in total. The minimum absolute atomic E-state index is 0.0798. The number of para-hydroxylation sites is 1. The van der Waals surface area contributed by atoms with Crippen LogP contribution < -0.4 is 10.1 Å². The fourth-order valence-electron chi connectivity index (χ4n) is 2.68. The Morgan fingerprint density at radius 3 is 2.80 bits per heavy atom. The Bertz CT molecular complexity index is 465. The normalized spacial score (nSPS) is 22.6. The average molecular weight is 283 g/mol. The first-order valence-corrected chi connectivity index (χ1v) is 6.91. The van der Waals surface area contributed by atoms with E-state index in [0.717, 1.165) is 19.3 Å². The van der Waals surface area contributed by atoms with Crippen LogP contribution in [0.25, 0.3) is 0 Å². The highest BCUT2D eigenvalue weighted by molar-refractivity contribution is 5.97. The van der Waals surface area contributed by atoms with Gasteiger partial charge >= 0.3 is 6.61 Å². The highest BCUT2D eigenvalue weighted by atomic mass is 19.3. The molecule has 0 aliphatic heterocycles. The number of carbonyl (C=O) groups excluding carboxylic acids is 1. The predicted molar refractivity (Wildman–Crippen MR) is 72.0 cm³/mol. The van der Waals surface area contributed by atoms with Crippen LogP contribution in [0.5, 0.6) is 5.75 Å². The molecule has 1 saturated carbocycles. The molecule has 1 fully saturated rings. The summed E-state index contributed by atoms with van der Waals surface area (Å²) >= 11 is 0. The lowest BCUT2D eigenvalue weighted by atomic mass is 9.87. The highest BCUT2D eigenvalue weighted by Gasteiger charge is 2.22. The van der Waals surface area contributed by atoms with E-state index in [-0.39, 0.29) is 23.3 Å². The number of rotatable bonds is 4. The number of alkyl halides is 2. The third-order valence-electron chi connectivity index (χ3n) is 3.62. The van der Waals surface area contributed by atoms with Crippen molar-refractivity contribution in [3.05, 3.63) is 29.8 Å². The summed E-state index contributed by atoms with van der Waals surface area (Å²) in [6.07, 6.45) is 4.14. The zero-order valence-corrected chi connectivity index (χ0v) is 11.4. The number of benzene rings is 1. The highest BCUT2D eigenvalue weighted by Crippen LogP contribution is 2.25. The number of nitrogens with one attached hydrogen (secondary N) is 1. The molecule has 2 atom stereocenters. The topological polar surface area (TPSA) is 38.3 Å². The van der Waals surface area contributed by atoms with E-state index in [4.69, 9.17) is 0 Å². The molecule has 5 heteroatoms. The van der Waals surface area contributed by atoms with Crippen molar-refractivity contribution in [2.24, 2.45) is 5.92 Å². The molecular weight excluding hydrogens is 264 g/mol. The SMILES string of the molecule is CC1CCCC(NC(=O)c2ccccc2OC(F)F)C1. The van der Waals surface area contributed by atoms with Crippen LogP contribution in [0.15, 0.2) is 24.3 Å². The molecule has 0 radical (unpaired) electrons. The molecule has 0 saturated heterocycles. The van der Waals surface area contributed by atoms with Crippen molar-refractivity contribution in [3.63, 3.8) is 0 Å². The third-order valence-corrected chi connectivity index (χ3v) is 3.62. The Morgan fingerprint density at radius 1 is 1.35 bits per heavy atom. The molecule has 110 valence electrons. The number of carbonyl (C=O) groups is 1. The van der Waals surface area contributed by atoms with Crippen LogP contribution in [0.1, 0.15) is 43.0 Å². The summed E-state index contributed by atoms with van der Waals surface area (Å²) in [6.45, 7) is -0.773. The summed E-state index contributed by atoms with van der Waals surface area (Å²) in [4.78, 5) is 12.2. The molecule has 2 unspecified atom stereocenters. The maximum absolute atomic E-state index is 12.3. The minimum atomic E-state index is -2.93. The van der Waals surface area contributed by atoms with E-state index in [1.807, 2.05) is 0 Å². The number of ether oxygens (including phenoxy) is 1. The van der Waals surface area contributed by atoms with Crippen molar-refractivity contribution in [2.75, 3.05) is 0 Å². The molecule has 2 rings (SSSR count). The monoisotopic (exact) mass is 283 g/mol. The van der Waals surface area contributed by atoms with Crippen molar-refractivity contribution >= 4 is 5.91 Å². The van der Waals surface area contributed by atoms with Crippen LogP contribution in [0.4, 0.5) is 8.78 Å². The van der Waals surface area contributed by atoms with Crippen molar-refractivity contribution in [1.29, 1.82) is 0 Å². The van der Waals surface area contributed by atoms with Gasteiger partial charge in [0.05, 0.1) is 5.56 Å². The molecule has 0 spiro atoms. The summed E-state index contributed by atoms with van der Waals surface area (Å²) in [5.74, 6) is 0.158. The molecule has 1 aromatic rings. The van der Waals surface area contributed by atoms with Crippen LogP contribution in [0.2, 0.25) is 0 Å². The zero-order valence-electron chi connectivity index (χ0n) is 11.4. The second-order valence-electron chi connectivity index (χ2n) is 5.32. The maximum Gasteiger partial charge on any atom is 0.387 e. The third kappa shape index (κ3) is 3.92. The van der Waals surface area contributed by atoms with Crippen LogP contribution in [-0.4, -0.2) is 18.6 Å². The minimum Gasteiger partial charge on any atom is -0.434 e. The summed E-state index contributed by atoms with van der Waals surface area (Å²) in [6, 6.07) is 6.20. The van der Waals surface area contributed by atoms with Crippen molar-refractivity contribution < 1.29 is 18.3 Å². The van der Waals surface area contributed by atoms with Gasteiger partial charge in [0.1, 0.15) is 5.75 Å². The van der Waals surface area contributed by atoms with E-state index in [2.05, 4.69) is 17.0 Å². The molecule has 1 aliphatic rings. The predicted octanol–water partition coefficient (Wildman–Crippen LogP) is 3.60. The molecule has 0 aromatic heterocycles. The second-order valence-corrected chi connectivity index (χ2v) is 5.32. The molecule has 1 aliphatic carbocycles. The molecule has 1 aromatic carbocycles. The molecule has 0 heterocycles. The first-order valence-electron chi connectivity index (χ1n) is 6.91. The Hall–Kier alpha value is -1.65. The Balaban J connectivity index is 2.05. The Kier molecular flexibility index (Phi) is 4.93. The van der Waals surface area contributed by atoms with Gasteiger partial charge in [-0.3, -0.25) is 4.79 Å². The van der Waals surface area contributed by atoms with Crippen LogP contribution in [-0.2, 0) is 0 Å². The van der Waals surface area contributed by atoms with Crippen LogP contribution in [0.3, 0.4) is 0 Å². The van der Waals surface area contributed by atoms with Gasteiger partial charge in [-0.15, -0.1) is 0 Å². The molecule has 1 amide bonds. The summed E-state index contributed by atoms with van der Waals surface area (Å²) in [7, 11) is 0. The van der Waals surface area contributed by atoms with Gasteiger partial charge in [-0.2, -0.15) is 8.78 Å². The van der Waals surface area contributed by atoms with Gasteiger partial charge in [0, 0.05) is 6.04 Å². The largest absolute Gasteiger partial charge is 0.434 e. The Morgan fingerprint density at radius 2 is 2.10 bits per heavy atom. The number of hydrogen-bond acceptors (Lipinski definition) is 2. The van der Waals surface area contributed by atoms with E-state index in [1.165, 1.54) is 18.6 Å². The molecular formula is C15H19F2NO2. The Labute approximate surface area is 117 Å². The lowest BCUT2D eigenvalue weighted by Crippen LogP contribution is -2.38. The first kappa shape index (κ1) is 14.8. The number of halogens is 2. The molecule has 0 bridgehead atoms. The van der Waals surface area contributed by atoms with Gasteiger partial charge in [-0.05, 0) is 30.9 Å². The van der Waals surface area contributed by atoms with Gasteiger partial charge in [-0.1, -0.05) is 31.9 Å². The van der Waals surface area contributed by atoms with E-state index in [0.29, 0.717) is 5.92 Å². The molecule has 3 nitrogen and oxygen atoms in total. The van der Waals surface area contributed by atoms with Crippen LogP contribution in [0, 0.1) is 5.92 Å². The maximum atomic E-state index is 12.3. The molecule has 20 heavy (non-hydrogen) atoms. The lowest BCUT2D eigenvalue weighted by Gasteiger charge is -2.27. The van der Waals surface area contributed by atoms with Crippen molar-refractivity contribution in [3.8, 4) is 5.75 Å². The van der Waals surface area contributed by atoms with Gasteiger partial charge in [0.25, 0.3) is 5.91 Å². The number of amides is 1. The van der Waals surface area contributed by atoms with E-state index in [1.54, 1.807) is 12.1 Å². The van der Waals surface area contributed by atoms with Crippen molar-refractivity contribution in [2.45, 2.75) is 45.3 Å². The van der Waals surface area contributed by atoms with Gasteiger partial charge in [-0.25, -0.2) is 0 Å². The van der Waals surface area contributed by atoms with E-state index >= 15 is 0 Å². The summed E-state index contributed by atoms with van der Waals surface area (Å²) in [5, 5.41) is 2.92. The quantitative estimate of drug-likeness (QED) is 0.917. The van der Waals surface area contributed by atoms with Crippen molar-refractivity contribution in [1.82, 2.24) is 5.32 Å². The van der Waals surface area contributed by atoms with Gasteiger partial charge in [0.2, 0.25) is 0 Å². The summed E-state index contributed by atoms with van der Waals surface area (Å²) in [5.41, 5.74) is 0.158. The lowest BCUT2D eigenvalue weighted by molar-refractivity contribution is -0.0501. The van der Waals surface area contributed by atoms with Crippen LogP contribution >= 0.6 is 0 Å². The number of hydrogen-bond donors (Lipinski definition) is 1. The second kappa shape index (κ2) is 6.68. The van der Waals surface area contributed by atoms with Gasteiger partial charge < -0.3 is 10.1 Å². The zero-order chi connectivity index (χ0) is 14.5. The average Bonchev–Trinajstić information content (AvgIpc) is 2.38.